The first kappa shape index (κ1) is 26.0. The Labute approximate surface area is 205 Å². The second-order valence-corrected chi connectivity index (χ2v) is 7.51. The number of rotatable bonds is 8. The number of ether oxygens (including phenoxy) is 3. The van der Waals surface area contributed by atoms with Crippen molar-refractivity contribution >= 4 is 11.9 Å². The zero-order chi connectivity index (χ0) is 26.3. The molecule has 8 heteroatoms. The summed E-state index contributed by atoms with van der Waals surface area (Å²) in [5.74, 6) is -1.37. The highest BCUT2D eigenvalue weighted by molar-refractivity contribution is 5.87. The lowest BCUT2D eigenvalue weighted by molar-refractivity contribution is -0.139. The van der Waals surface area contributed by atoms with Crippen molar-refractivity contribution < 1.29 is 37.0 Å². The zero-order valence-corrected chi connectivity index (χ0v) is 19.2. The minimum Gasteiger partial charge on any atom is -0.461 e. The van der Waals surface area contributed by atoms with E-state index in [0.29, 0.717) is 16.9 Å². The number of esters is 2. The smallest absolute Gasteiger partial charge is 0.420 e. The molecule has 3 aromatic rings. The summed E-state index contributed by atoms with van der Waals surface area (Å²) in [5, 5.41) is 0. The standard InChI is InChI=1S/C28H21F3O5/c1-4-26(32)36-23-12-9-20(10-13-23)19-5-7-21(8-6-19)22-11-14-25(24(17-22)28(29,30)31)34-15-16-35-27(33)18(2)3/h4-17H,1-2H2,3H3/b16-15-. The van der Waals surface area contributed by atoms with Crippen LogP contribution in [0.2, 0.25) is 0 Å². The molecule has 0 heterocycles. The maximum atomic E-state index is 13.7. The van der Waals surface area contributed by atoms with Crippen molar-refractivity contribution in [3.05, 3.63) is 110 Å². The second-order valence-electron chi connectivity index (χ2n) is 7.51. The number of hydrogen-bond acceptors (Lipinski definition) is 5. The van der Waals surface area contributed by atoms with E-state index < -0.39 is 29.4 Å². The first-order chi connectivity index (χ1) is 17.1. The minimum absolute atomic E-state index is 0.136. The lowest BCUT2D eigenvalue weighted by atomic mass is 9.98. The Morgan fingerprint density at radius 1 is 0.833 bits per heavy atom. The van der Waals surface area contributed by atoms with Crippen LogP contribution in [0.25, 0.3) is 22.3 Å². The first-order valence-corrected chi connectivity index (χ1v) is 10.5. The minimum atomic E-state index is -4.68. The third-order valence-electron chi connectivity index (χ3n) is 4.85. The quantitative estimate of drug-likeness (QED) is 0.145. The molecule has 0 atom stereocenters. The van der Waals surface area contributed by atoms with Gasteiger partial charge in [0, 0.05) is 11.6 Å². The van der Waals surface area contributed by atoms with E-state index in [9.17, 15) is 22.8 Å². The van der Waals surface area contributed by atoms with Gasteiger partial charge in [-0.05, 0) is 53.4 Å². The fourth-order valence-corrected chi connectivity index (χ4v) is 3.05. The van der Waals surface area contributed by atoms with Gasteiger partial charge >= 0.3 is 18.1 Å². The molecule has 36 heavy (non-hydrogen) atoms. The van der Waals surface area contributed by atoms with Gasteiger partial charge in [0.05, 0.1) is 5.56 Å². The van der Waals surface area contributed by atoms with Crippen molar-refractivity contribution in [1.82, 2.24) is 0 Å². The second kappa shape index (κ2) is 11.2. The Bertz CT molecular complexity index is 1300. The van der Waals surface area contributed by atoms with Crippen LogP contribution < -0.4 is 9.47 Å². The Morgan fingerprint density at radius 3 is 1.89 bits per heavy atom. The molecule has 0 radical (unpaired) electrons. The van der Waals surface area contributed by atoms with Gasteiger partial charge in [-0.3, -0.25) is 0 Å². The van der Waals surface area contributed by atoms with Gasteiger partial charge in [0.15, 0.2) is 0 Å². The van der Waals surface area contributed by atoms with Crippen LogP contribution in [-0.4, -0.2) is 11.9 Å². The number of alkyl halides is 3. The molecule has 0 amide bonds. The predicted octanol–water partition coefficient (Wildman–Crippen LogP) is 7.10. The average Bonchev–Trinajstić information content (AvgIpc) is 2.86. The fourth-order valence-electron chi connectivity index (χ4n) is 3.05. The number of benzene rings is 3. The van der Waals surface area contributed by atoms with Crippen molar-refractivity contribution in [2.24, 2.45) is 0 Å². The van der Waals surface area contributed by atoms with E-state index in [2.05, 4.69) is 17.9 Å². The molecule has 0 fully saturated rings. The molecular formula is C28H21F3O5. The molecule has 0 unspecified atom stereocenters. The molecular weight excluding hydrogens is 473 g/mol. The molecule has 0 aliphatic rings. The topological polar surface area (TPSA) is 61.8 Å². The Hall–Kier alpha value is -4.59. The van der Waals surface area contributed by atoms with Gasteiger partial charge in [-0.25, -0.2) is 9.59 Å². The molecule has 0 aromatic heterocycles. The number of halogens is 3. The van der Waals surface area contributed by atoms with Crippen LogP contribution >= 0.6 is 0 Å². The molecule has 0 saturated carbocycles. The fraction of sp³-hybridized carbons (Fsp3) is 0.0714. The Kier molecular flexibility index (Phi) is 8.11. The van der Waals surface area contributed by atoms with Gasteiger partial charge in [-0.15, -0.1) is 0 Å². The molecule has 0 spiro atoms. The summed E-state index contributed by atoms with van der Waals surface area (Å²) in [6, 6.07) is 17.4. The van der Waals surface area contributed by atoms with Crippen LogP contribution in [0.1, 0.15) is 12.5 Å². The van der Waals surface area contributed by atoms with Crippen molar-refractivity contribution in [3.8, 4) is 33.8 Å². The summed E-state index contributed by atoms with van der Waals surface area (Å²) in [6.45, 7) is 8.17. The zero-order valence-electron chi connectivity index (χ0n) is 19.2. The Morgan fingerprint density at radius 2 is 1.36 bits per heavy atom. The van der Waals surface area contributed by atoms with Crippen LogP contribution in [0.15, 0.2) is 104 Å². The summed E-state index contributed by atoms with van der Waals surface area (Å²) in [5.41, 5.74) is 1.72. The van der Waals surface area contributed by atoms with Crippen LogP contribution in [0.3, 0.4) is 0 Å². The third kappa shape index (κ3) is 6.73. The normalized spacial score (nSPS) is 11.1. The number of hydrogen-bond donors (Lipinski definition) is 0. The van der Waals surface area contributed by atoms with Gasteiger partial charge in [0.2, 0.25) is 0 Å². The largest absolute Gasteiger partial charge is 0.461 e. The molecule has 0 aliphatic carbocycles. The van der Waals surface area contributed by atoms with E-state index in [0.717, 1.165) is 35.8 Å². The molecule has 0 saturated heterocycles. The summed E-state index contributed by atoms with van der Waals surface area (Å²) in [7, 11) is 0. The van der Waals surface area contributed by atoms with Gasteiger partial charge in [-0.1, -0.05) is 55.6 Å². The predicted molar refractivity (Wildman–Crippen MR) is 129 cm³/mol. The van der Waals surface area contributed by atoms with E-state index in [1.807, 2.05) is 0 Å². The maximum absolute atomic E-state index is 13.7. The van der Waals surface area contributed by atoms with Crippen LogP contribution in [0.4, 0.5) is 13.2 Å². The van der Waals surface area contributed by atoms with E-state index >= 15 is 0 Å². The maximum Gasteiger partial charge on any atom is 0.420 e. The van der Waals surface area contributed by atoms with E-state index in [-0.39, 0.29) is 5.57 Å². The molecule has 3 rings (SSSR count). The molecule has 0 aliphatic heterocycles. The number of carbonyl (C=O) groups excluding carboxylic acids is 2. The summed E-state index contributed by atoms with van der Waals surface area (Å²) in [6.07, 6.45) is -1.92. The van der Waals surface area contributed by atoms with Crippen LogP contribution in [0.5, 0.6) is 11.5 Å². The van der Waals surface area contributed by atoms with Crippen molar-refractivity contribution in [1.29, 1.82) is 0 Å². The van der Waals surface area contributed by atoms with Crippen LogP contribution in [0, 0.1) is 0 Å². The highest BCUT2D eigenvalue weighted by atomic mass is 19.4. The van der Waals surface area contributed by atoms with Crippen LogP contribution in [-0.2, 0) is 20.5 Å². The summed E-state index contributed by atoms with van der Waals surface area (Å²) >= 11 is 0. The lowest BCUT2D eigenvalue weighted by Gasteiger charge is -2.14. The SMILES string of the molecule is C=CC(=O)Oc1ccc(-c2ccc(-c3ccc(O/C=C\OC(=O)C(=C)C)c(C(F)(F)F)c3)cc2)cc1. The molecule has 0 N–H and O–H groups in total. The van der Waals surface area contributed by atoms with Gasteiger partial charge < -0.3 is 14.2 Å². The van der Waals surface area contributed by atoms with Crippen molar-refractivity contribution in [2.45, 2.75) is 13.1 Å². The van der Waals surface area contributed by atoms with E-state index in [4.69, 9.17) is 9.47 Å². The average molecular weight is 494 g/mol. The van der Waals surface area contributed by atoms with E-state index in [1.54, 1.807) is 48.5 Å². The summed E-state index contributed by atoms with van der Waals surface area (Å²) < 4.78 is 55.8. The number of carbonyl (C=O) groups is 2. The van der Waals surface area contributed by atoms with Crippen molar-refractivity contribution in [3.63, 3.8) is 0 Å². The monoisotopic (exact) mass is 494 g/mol. The van der Waals surface area contributed by atoms with Gasteiger partial charge in [-0.2, -0.15) is 13.2 Å². The Balaban J connectivity index is 1.79. The third-order valence-corrected chi connectivity index (χ3v) is 4.85. The van der Waals surface area contributed by atoms with Gasteiger partial charge in [0.25, 0.3) is 0 Å². The first-order valence-electron chi connectivity index (χ1n) is 10.5. The lowest BCUT2D eigenvalue weighted by Crippen LogP contribution is -2.07. The molecule has 184 valence electrons. The summed E-state index contributed by atoms with van der Waals surface area (Å²) in [4.78, 5) is 22.6. The van der Waals surface area contributed by atoms with Crippen molar-refractivity contribution in [2.75, 3.05) is 0 Å². The molecule has 5 nitrogen and oxygen atoms in total. The molecule has 3 aromatic carbocycles. The highest BCUT2D eigenvalue weighted by Crippen LogP contribution is 2.39. The van der Waals surface area contributed by atoms with Gasteiger partial charge in [0.1, 0.15) is 24.0 Å². The highest BCUT2D eigenvalue weighted by Gasteiger charge is 2.34. The molecule has 0 bridgehead atoms. The van der Waals surface area contributed by atoms with E-state index in [1.165, 1.54) is 19.1 Å².